The minimum atomic E-state index is 0.669. The number of pyridine rings is 1. The maximum atomic E-state index is 4.60. The smallest absolute Gasteiger partial charge is 0.0680 e. The van der Waals surface area contributed by atoms with Gasteiger partial charge < -0.3 is 4.90 Å². The third kappa shape index (κ3) is 2.11. The fraction of sp³-hybridized carbons (Fsp3) is 0.500. The van der Waals surface area contributed by atoms with Gasteiger partial charge in [0.15, 0.2) is 0 Å². The molecule has 2 heteroatoms. The summed E-state index contributed by atoms with van der Waals surface area (Å²) in [7, 11) is 0. The Morgan fingerprint density at radius 3 is 2.75 bits per heavy atom. The first kappa shape index (κ1) is 11.2. The van der Waals surface area contributed by atoms with E-state index >= 15 is 0 Å². The molecule has 86 valence electrons. The molecule has 0 saturated carbocycles. The second-order valence-corrected chi connectivity index (χ2v) is 4.42. The number of hydrogen-bond donors (Lipinski definition) is 0. The Balaban J connectivity index is 2.23. The van der Waals surface area contributed by atoms with Crippen LogP contribution in [0.25, 0.3) is 5.57 Å². The topological polar surface area (TPSA) is 16.1 Å². The monoisotopic (exact) mass is 216 g/mol. The molecule has 1 aromatic heterocycles. The molecule has 0 radical (unpaired) electrons. The SMILES string of the molecule is CCC1CC(c2cccc(C)n2)=CN1CC. The van der Waals surface area contributed by atoms with Crippen molar-refractivity contribution >= 4 is 5.57 Å². The highest BCUT2D eigenvalue weighted by Gasteiger charge is 2.22. The van der Waals surface area contributed by atoms with Crippen LogP contribution in [-0.2, 0) is 0 Å². The molecule has 16 heavy (non-hydrogen) atoms. The maximum absolute atomic E-state index is 4.60. The third-order valence-electron chi connectivity index (χ3n) is 3.30. The highest BCUT2D eigenvalue weighted by atomic mass is 15.1. The quantitative estimate of drug-likeness (QED) is 0.771. The van der Waals surface area contributed by atoms with E-state index < -0.39 is 0 Å². The van der Waals surface area contributed by atoms with Gasteiger partial charge >= 0.3 is 0 Å². The lowest BCUT2D eigenvalue weighted by atomic mass is 10.1. The molecule has 2 rings (SSSR count). The predicted molar refractivity (Wildman–Crippen MR) is 68.0 cm³/mol. The molecule has 0 aromatic carbocycles. The summed E-state index contributed by atoms with van der Waals surface area (Å²) in [6.07, 6.45) is 4.64. The van der Waals surface area contributed by atoms with E-state index in [2.05, 4.69) is 42.1 Å². The van der Waals surface area contributed by atoms with Crippen LogP contribution < -0.4 is 0 Å². The van der Waals surface area contributed by atoms with Gasteiger partial charge in [0.25, 0.3) is 0 Å². The third-order valence-corrected chi connectivity index (χ3v) is 3.30. The van der Waals surface area contributed by atoms with Crippen LogP contribution in [0.15, 0.2) is 24.4 Å². The molecule has 2 nitrogen and oxygen atoms in total. The van der Waals surface area contributed by atoms with E-state index in [0.717, 1.165) is 24.4 Å². The molecule has 1 aliphatic heterocycles. The van der Waals surface area contributed by atoms with Crippen LogP contribution in [-0.4, -0.2) is 22.5 Å². The van der Waals surface area contributed by atoms with Crippen molar-refractivity contribution in [3.05, 3.63) is 35.8 Å². The van der Waals surface area contributed by atoms with Crippen LogP contribution in [0, 0.1) is 6.92 Å². The maximum Gasteiger partial charge on any atom is 0.0680 e. The summed E-state index contributed by atoms with van der Waals surface area (Å²) in [5.74, 6) is 0. The number of aryl methyl sites for hydroxylation is 1. The van der Waals surface area contributed by atoms with Crippen molar-refractivity contribution in [2.75, 3.05) is 6.54 Å². The molecule has 1 aliphatic rings. The number of nitrogens with zero attached hydrogens (tertiary/aromatic N) is 2. The normalized spacial score (nSPS) is 20.1. The lowest BCUT2D eigenvalue weighted by molar-refractivity contribution is 0.306. The Hall–Kier alpha value is -1.31. The number of aromatic nitrogens is 1. The molecule has 0 fully saturated rings. The van der Waals surface area contributed by atoms with Crippen LogP contribution in [0.2, 0.25) is 0 Å². The van der Waals surface area contributed by atoms with Crippen LogP contribution in [0.4, 0.5) is 0 Å². The summed E-state index contributed by atoms with van der Waals surface area (Å²) >= 11 is 0. The van der Waals surface area contributed by atoms with Gasteiger partial charge in [0.2, 0.25) is 0 Å². The molecule has 0 N–H and O–H groups in total. The van der Waals surface area contributed by atoms with Crippen molar-refractivity contribution in [3.8, 4) is 0 Å². The average molecular weight is 216 g/mol. The van der Waals surface area contributed by atoms with Gasteiger partial charge in [0.05, 0.1) is 5.69 Å². The molecule has 1 unspecified atom stereocenters. The zero-order valence-corrected chi connectivity index (χ0v) is 10.4. The van der Waals surface area contributed by atoms with E-state index in [-0.39, 0.29) is 0 Å². The van der Waals surface area contributed by atoms with Gasteiger partial charge in [-0.3, -0.25) is 4.98 Å². The van der Waals surface area contributed by atoms with Crippen molar-refractivity contribution in [3.63, 3.8) is 0 Å². The summed E-state index contributed by atoms with van der Waals surface area (Å²) in [6.45, 7) is 7.61. The molecule has 1 aromatic rings. The first-order chi connectivity index (χ1) is 7.74. The van der Waals surface area contributed by atoms with E-state index in [1.807, 2.05) is 13.0 Å². The van der Waals surface area contributed by atoms with Gasteiger partial charge in [-0.25, -0.2) is 0 Å². The minimum Gasteiger partial charge on any atom is -0.374 e. The number of rotatable bonds is 3. The van der Waals surface area contributed by atoms with Crippen molar-refractivity contribution in [1.29, 1.82) is 0 Å². The van der Waals surface area contributed by atoms with Gasteiger partial charge in [0, 0.05) is 24.5 Å². The minimum absolute atomic E-state index is 0.669. The van der Waals surface area contributed by atoms with Gasteiger partial charge in [0.1, 0.15) is 0 Å². The van der Waals surface area contributed by atoms with E-state index in [1.54, 1.807) is 0 Å². The highest BCUT2D eigenvalue weighted by molar-refractivity contribution is 5.64. The summed E-state index contributed by atoms with van der Waals surface area (Å²) < 4.78 is 0. The van der Waals surface area contributed by atoms with E-state index in [0.29, 0.717) is 6.04 Å². The largest absolute Gasteiger partial charge is 0.374 e. The predicted octanol–water partition coefficient (Wildman–Crippen LogP) is 3.24. The Labute approximate surface area is 98.0 Å². The molecule has 0 bridgehead atoms. The zero-order chi connectivity index (χ0) is 11.5. The second-order valence-electron chi connectivity index (χ2n) is 4.42. The average Bonchev–Trinajstić information content (AvgIpc) is 2.72. The molecule has 0 aliphatic carbocycles. The summed E-state index contributed by atoms with van der Waals surface area (Å²) in [4.78, 5) is 7.03. The molecule has 0 saturated heterocycles. The van der Waals surface area contributed by atoms with Crippen LogP contribution in [0.1, 0.15) is 38.1 Å². The Morgan fingerprint density at radius 2 is 2.19 bits per heavy atom. The fourth-order valence-electron chi connectivity index (χ4n) is 2.35. The van der Waals surface area contributed by atoms with Gasteiger partial charge in [-0.1, -0.05) is 13.0 Å². The van der Waals surface area contributed by atoms with Crippen molar-refractivity contribution < 1.29 is 0 Å². The van der Waals surface area contributed by atoms with Crippen molar-refractivity contribution in [2.45, 2.75) is 39.7 Å². The first-order valence-corrected chi connectivity index (χ1v) is 6.15. The standard InChI is InChI=1S/C14H20N2/c1-4-13-9-12(10-16(13)5-2)14-8-6-7-11(3)15-14/h6-8,10,13H,4-5,9H2,1-3H3. The molecule has 1 atom stereocenters. The molecule has 0 amide bonds. The number of hydrogen-bond acceptors (Lipinski definition) is 2. The van der Waals surface area contributed by atoms with E-state index in [1.165, 1.54) is 12.0 Å². The van der Waals surface area contributed by atoms with Crippen molar-refractivity contribution in [2.24, 2.45) is 0 Å². The van der Waals surface area contributed by atoms with Gasteiger partial charge in [-0.15, -0.1) is 0 Å². The van der Waals surface area contributed by atoms with E-state index in [9.17, 15) is 0 Å². The Morgan fingerprint density at radius 1 is 1.38 bits per heavy atom. The Bertz CT molecular complexity index is 395. The zero-order valence-electron chi connectivity index (χ0n) is 10.4. The highest BCUT2D eigenvalue weighted by Crippen LogP contribution is 2.29. The molecular weight excluding hydrogens is 196 g/mol. The van der Waals surface area contributed by atoms with Gasteiger partial charge in [-0.2, -0.15) is 0 Å². The molecule has 0 spiro atoms. The second kappa shape index (κ2) is 4.69. The Kier molecular flexibility index (Phi) is 3.28. The summed E-state index contributed by atoms with van der Waals surface area (Å²) in [5, 5.41) is 0. The summed E-state index contributed by atoms with van der Waals surface area (Å²) in [5.41, 5.74) is 3.63. The summed E-state index contributed by atoms with van der Waals surface area (Å²) in [6, 6.07) is 6.93. The first-order valence-electron chi connectivity index (χ1n) is 6.15. The lowest BCUT2D eigenvalue weighted by Crippen LogP contribution is -2.25. The van der Waals surface area contributed by atoms with Gasteiger partial charge in [-0.05, 0) is 44.4 Å². The van der Waals surface area contributed by atoms with Crippen LogP contribution >= 0.6 is 0 Å². The fourth-order valence-corrected chi connectivity index (χ4v) is 2.35. The van der Waals surface area contributed by atoms with E-state index in [4.69, 9.17) is 0 Å². The van der Waals surface area contributed by atoms with Crippen molar-refractivity contribution in [1.82, 2.24) is 9.88 Å². The molecular formula is C14H20N2. The van der Waals surface area contributed by atoms with Crippen LogP contribution in [0.5, 0.6) is 0 Å². The van der Waals surface area contributed by atoms with Crippen LogP contribution in [0.3, 0.4) is 0 Å². The lowest BCUT2D eigenvalue weighted by Gasteiger charge is -2.22. The molecule has 2 heterocycles.